The van der Waals surface area contributed by atoms with Crippen molar-refractivity contribution in [2.45, 2.75) is 51.4 Å². The number of allylic oxidation sites excluding steroid dienone is 5. The Kier molecular flexibility index (Phi) is 13.5. The van der Waals surface area contributed by atoms with Gasteiger partial charge in [0.15, 0.2) is 0 Å². The van der Waals surface area contributed by atoms with E-state index in [9.17, 15) is 0 Å². The highest BCUT2D eigenvalue weighted by atomic mass is 14.5. The minimum absolute atomic E-state index is 0.843. The molecule has 0 aliphatic carbocycles. The van der Waals surface area contributed by atoms with Crippen molar-refractivity contribution >= 4 is 0 Å². The first-order valence-electron chi connectivity index (χ1n) is 6.54. The van der Waals surface area contributed by atoms with Crippen molar-refractivity contribution < 1.29 is 0 Å². The highest BCUT2D eigenvalue weighted by Crippen LogP contribution is 2.05. The first kappa shape index (κ1) is 15.2. The molecule has 16 heavy (non-hydrogen) atoms. The summed E-state index contributed by atoms with van der Waals surface area (Å²) in [7, 11) is 0. The molecule has 0 saturated carbocycles. The molecule has 0 aromatic heterocycles. The lowest BCUT2D eigenvalue weighted by Crippen LogP contribution is -1.97. The fraction of sp³-hybridized carbons (Fsp3) is 0.600. The quantitative estimate of drug-likeness (QED) is 0.313. The van der Waals surface area contributed by atoms with Gasteiger partial charge in [-0.1, -0.05) is 49.6 Å². The molecule has 0 radical (unpaired) electrons. The van der Waals surface area contributed by atoms with Crippen molar-refractivity contribution in [2.24, 2.45) is 5.73 Å². The van der Waals surface area contributed by atoms with Gasteiger partial charge in [-0.15, -0.1) is 6.58 Å². The minimum Gasteiger partial charge on any atom is -0.330 e. The molecule has 0 fully saturated rings. The molecule has 1 heteroatoms. The number of hydrogen-bond donors (Lipinski definition) is 1. The first-order valence-corrected chi connectivity index (χ1v) is 6.54. The molecular formula is C15H27N. The standard InChI is InChI=1S/C15H27N/c1-2-3-4-5-6-7-8-9-10-11-12-13-14-15-16/h2,5-8H,1,3-4,9-16H2/b6-5+,8-7+. The van der Waals surface area contributed by atoms with E-state index >= 15 is 0 Å². The molecule has 0 saturated heterocycles. The van der Waals surface area contributed by atoms with Crippen molar-refractivity contribution in [3.8, 4) is 0 Å². The molecule has 1 nitrogen and oxygen atoms in total. The topological polar surface area (TPSA) is 26.0 Å². The Labute approximate surface area is 101 Å². The number of hydrogen-bond acceptors (Lipinski definition) is 1. The van der Waals surface area contributed by atoms with Gasteiger partial charge in [0.25, 0.3) is 0 Å². The lowest BCUT2D eigenvalue weighted by atomic mass is 10.1. The zero-order chi connectivity index (χ0) is 11.9. The van der Waals surface area contributed by atoms with Gasteiger partial charge in [0.05, 0.1) is 0 Å². The van der Waals surface area contributed by atoms with Crippen molar-refractivity contribution in [3.63, 3.8) is 0 Å². The van der Waals surface area contributed by atoms with Crippen molar-refractivity contribution in [3.05, 3.63) is 37.0 Å². The summed E-state index contributed by atoms with van der Waals surface area (Å²) >= 11 is 0. The maximum atomic E-state index is 5.43. The van der Waals surface area contributed by atoms with Gasteiger partial charge >= 0.3 is 0 Å². The molecule has 0 heterocycles. The monoisotopic (exact) mass is 221 g/mol. The van der Waals surface area contributed by atoms with Crippen LogP contribution < -0.4 is 5.73 Å². The predicted molar refractivity (Wildman–Crippen MR) is 74.5 cm³/mol. The fourth-order valence-corrected chi connectivity index (χ4v) is 1.50. The van der Waals surface area contributed by atoms with Crippen molar-refractivity contribution in [2.75, 3.05) is 6.54 Å². The van der Waals surface area contributed by atoms with Gasteiger partial charge in [0.1, 0.15) is 0 Å². The van der Waals surface area contributed by atoms with Crippen LogP contribution in [0.1, 0.15) is 51.4 Å². The average molecular weight is 221 g/mol. The lowest BCUT2D eigenvalue weighted by molar-refractivity contribution is 0.622. The van der Waals surface area contributed by atoms with Gasteiger partial charge in [-0.05, 0) is 38.6 Å². The van der Waals surface area contributed by atoms with E-state index in [4.69, 9.17) is 5.73 Å². The largest absolute Gasteiger partial charge is 0.330 e. The van der Waals surface area contributed by atoms with E-state index in [0.717, 1.165) is 19.4 Å². The summed E-state index contributed by atoms with van der Waals surface area (Å²) in [5.41, 5.74) is 5.43. The zero-order valence-corrected chi connectivity index (χ0v) is 10.5. The SMILES string of the molecule is C=CCC/C=C/C=C/CCCCCCCN. The lowest BCUT2D eigenvalue weighted by Gasteiger charge is -1.97. The minimum atomic E-state index is 0.843. The third-order valence-corrected chi connectivity index (χ3v) is 2.50. The van der Waals surface area contributed by atoms with Crippen LogP contribution in [0.15, 0.2) is 37.0 Å². The Morgan fingerprint density at radius 3 is 2.06 bits per heavy atom. The summed E-state index contributed by atoms with van der Waals surface area (Å²) in [5.74, 6) is 0. The van der Waals surface area contributed by atoms with Gasteiger partial charge in [-0.3, -0.25) is 0 Å². The van der Waals surface area contributed by atoms with Crippen molar-refractivity contribution in [1.29, 1.82) is 0 Å². The number of unbranched alkanes of at least 4 members (excludes halogenated alkanes) is 6. The molecule has 0 unspecified atom stereocenters. The van der Waals surface area contributed by atoms with Gasteiger partial charge in [-0.25, -0.2) is 0 Å². The van der Waals surface area contributed by atoms with Gasteiger partial charge in [0.2, 0.25) is 0 Å². The molecule has 0 aliphatic heterocycles. The molecule has 2 N–H and O–H groups in total. The highest BCUT2D eigenvalue weighted by Gasteiger charge is 1.87. The fourth-order valence-electron chi connectivity index (χ4n) is 1.50. The van der Waals surface area contributed by atoms with Crippen molar-refractivity contribution in [1.82, 2.24) is 0 Å². The van der Waals surface area contributed by atoms with E-state index in [1.54, 1.807) is 0 Å². The van der Waals surface area contributed by atoms with Crippen LogP contribution in [0.25, 0.3) is 0 Å². The second kappa shape index (κ2) is 14.2. The van der Waals surface area contributed by atoms with E-state index in [2.05, 4.69) is 30.9 Å². The molecule has 0 aliphatic rings. The summed E-state index contributed by atoms with van der Waals surface area (Å²) in [5, 5.41) is 0. The summed E-state index contributed by atoms with van der Waals surface area (Å²) in [6.45, 7) is 4.53. The molecule has 0 bridgehead atoms. The molecule has 0 aromatic rings. The van der Waals surface area contributed by atoms with E-state index in [1.165, 1.54) is 38.5 Å². The third-order valence-electron chi connectivity index (χ3n) is 2.50. The highest BCUT2D eigenvalue weighted by molar-refractivity contribution is 5.02. The van der Waals surface area contributed by atoms with E-state index in [1.807, 2.05) is 6.08 Å². The van der Waals surface area contributed by atoms with Crippen LogP contribution in [0.2, 0.25) is 0 Å². The van der Waals surface area contributed by atoms with E-state index < -0.39 is 0 Å². The third kappa shape index (κ3) is 13.2. The summed E-state index contributed by atoms with van der Waals surface area (Å²) in [6.07, 6.45) is 20.5. The zero-order valence-electron chi connectivity index (χ0n) is 10.5. The summed E-state index contributed by atoms with van der Waals surface area (Å²) in [6, 6.07) is 0. The molecule has 0 spiro atoms. The smallest absolute Gasteiger partial charge is 0.00773 e. The Morgan fingerprint density at radius 2 is 1.38 bits per heavy atom. The molecule has 0 atom stereocenters. The van der Waals surface area contributed by atoms with Crippen LogP contribution >= 0.6 is 0 Å². The average Bonchev–Trinajstić information content (AvgIpc) is 2.31. The summed E-state index contributed by atoms with van der Waals surface area (Å²) in [4.78, 5) is 0. The maximum Gasteiger partial charge on any atom is -0.00773 e. The second-order valence-corrected chi connectivity index (χ2v) is 4.07. The van der Waals surface area contributed by atoms with Gasteiger partial charge < -0.3 is 5.73 Å². The Hall–Kier alpha value is -0.820. The van der Waals surface area contributed by atoms with E-state index in [0.29, 0.717) is 0 Å². The number of nitrogens with two attached hydrogens (primary N) is 1. The molecule has 92 valence electrons. The first-order chi connectivity index (χ1) is 7.91. The maximum absolute atomic E-state index is 5.43. The Balaban J connectivity index is 3.14. The molecule has 0 amide bonds. The van der Waals surface area contributed by atoms with Gasteiger partial charge in [-0.2, -0.15) is 0 Å². The van der Waals surface area contributed by atoms with Crippen LogP contribution in [0.3, 0.4) is 0 Å². The Morgan fingerprint density at radius 1 is 0.750 bits per heavy atom. The van der Waals surface area contributed by atoms with E-state index in [-0.39, 0.29) is 0 Å². The van der Waals surface area contributed by atoms with Crippen LogP contribution in [-0.4, -0.2) is 6.54 Å². The molecule has 0 rings (SSSR count). The summed E-state index contributed by atoms with van der Waals surface area (Å²) < 4.78 is 0. The number of rotatable bonds is 11. The van der Waals surface area contributed by atoms with Crippen LogP contribution in [0, 0.1) is 0 Å². The predicted octanol–water partition coefficient (Wildman–Crippen LogP) is 4.36. The second-order valence-electron chi connectivity index (χ2n) is 4.07. The molecule has 0 aromatic carbocycles. The molecular weight excluding hydrogens is 194 g/mol. The van der Waals surface area contributed by atoms with Crippen LogP contribution in [0.4, 0.5) is 0 Å². The van der Waals surface area contributed by atoms with Crippen LogP contribution in [0.5, 0.6) is 0 Å². The van der Waals surface area contributed by atoms with Gasteiger partial charge in [0, 0.05) is 0 Å². The Bertz CT molecular complexity index is 192. The normalized spacial score (nSPS) is 11.6. The van der Waals surface area contributed by atoms with Crippen LogP contribution in [-0.2, 0) is 0 Å².